The summed E-state index contributed by atoms with van der Waals surface area (Å²) >= 11 is 0. The number of carbonyl (C=O) groups excluding carboxylic acids is 1. The number of nitrogens with one attached hydrogen (secondary N) is 2. The van der Waals surface area contributed by atoms with E-state index in [-0.39, 0.29) is 22.7 Å². The van der Waals surface area contributed by atoms with Crippen molar-refractivity contribution < 1.29 is 19.2 Å². The van der Waals surface area contributed by atoms with Gasteiger partial charge in [-0.05, 0) is 12.5 Å². The zero-order valence-electron chi connectivity index (χ0n) is 13.4. The minimum absolute atomic E-state index is 0.128. The fourth-order valence-electron chi connectivity index (χ4n) is 1.73. The number of nitrogens with zero attached hydrogens (tertiary/aromatic N) is 2. The highest BCUT2D eigenvalue weighted by atomic mass is 16.6. The maximum absolute atomic E-state index is 12.1. The number of carbonyl (C=O) groups is 1. The number of anilines is 1. The van der Waals surface area contributed by atoms with Crippen molar-refractivity contribution in [3.8, 4) is 11.8 Å². The number of ether oxygens (including phenoxy) is 2. The van der Waals surface area contributed by atoms with Gasteiger partial charge in [-0.15, -0.1) is 0 Å². The molecule has 0 fully saturated rings. The van der Waals surface area contributed by atoms with Crippen LogP contribution in [-0.4, -0.2) is 38.2 Å². The maximum Gasteiger partial charge on any atom is 0.273 e. The Labute approximate surface area is 139 Å². The van der Waals surface area contributed by atoms with Crippen LogP contribution in [-0.2, 0) is 9.53 Å². The monoisotopic (exact) mass is 334 g/mol. The number of benzene rings is 1. The Hall–Kier alpha value is -3.12. The molecule has 1 aromatic carbocycles. The molecule has 0 spiro atoms. The molecule has 0 unspecified atom stereocenters. The summed E-state index contributed by atoms with van der Waals surface area (Å²) < 4.78 is 9.91. The molecule has 0 aliphatic carbocycles. The summed E-state index contributed by atoms with van der Waals surface area (Å²) in [5.41, 5.74) is -0.0674. The molecule has 128 valence electrons. The summed E-state index contributed by atoms with van der Waals surface area (Å²) in [4.78, 5) is 22.3. The molecular formula is C15H18N4O5. The summed E-state index contributed by atoms with van der Waals surface area (Å²) in [6, 6.07) is 5.55. The smallest absolute Gasteiger partial charge is 0.273 e. The first-order valence-corrected chi connectivity index (χ1v) is 6.99. The molecule has 0 aromatic heterocycles. The average molecular weight is 334 g/mol. The molecule has 0 atom stereocenters. The highest BCUT2D eigenvalue weighted by Crippen LogP contribution is 2.29. The van der Waals surface area contributed by atoms with E-state index in [9.17, 15) is 14.9 Å². The lowest BCUT2D eigenvalue weighted by Crippen LogP contribution is -2.18. The van der Waals surface area contributed by atoms with Crippen molar-refractivity contribution in [2.45, 2.75) is 6.42 Å². The van der Waals surface area contributed by atoms with Crippen molar-refractivity contribution in [1.29, 1.82) is 5.26 Å². The van der Waals surface area contributed by atoms with Gasteiger partial charge in [-0.3, -0.25) is 14.9 Å². The molecule has 1 aromatic rings. The lowest BCUT2D eigenvalue weighted by molar-refractivity contribution is -0.384. The molecule has 24 heavy (non-hydrogen) atoms. The van der Waals surface area contributed by atoms with E-state index in [1.165, 1.54) is 31.5 Å². The molecule has 0 aliphatic heterocycles. The van der Waals surface area contributed by atoms with E-state index in [0.29, 0.717) is 13.2 Å². The number of nitro groups is 1. The molecule has 2 N–H and O–H groups in total. The number of nitriles is 1. The molecule has 1 rings (SSSR count). The SMILES string of the molecule is COCCCN/C=C(/C#N)C(=O)Nc1ccc([N+](=O)[O-])cc1OC. The van der Waals surface area contributed by atoms with E-state index >= 15 is 0 Å². The quantitative estimate of drug-likeness (QED) is 0.231. The molecule has 9 heteroatoms. The van der Waals surface area contributed by atoms with Crippen LogP contribution >= 0.6 is 0 Å². The molecule has 0 radical (unpaired) electrons. The minimum atomic E-state index is -0.649. The van der Waals surface area contributed by atoms with Crippen molar-refractivity contribution in [2.75, 3.05) is 32.7 Å². The number of hydrogen-bond acceptors (Lipinski definition) is 7. The Bertz CT molecular complexity index is 666. The van der Waals surface area contributed by atoms with Crippen molar-refractivity contribution in [3.63, 3.8) is 0 Å². The van der Waals surface area contributed by atoms with Gasteiger partial charge in [0.05, 0.1) is 23.8 Å². The van der Waals surface area contributed by atoms with Gasteiger partial charge in [-0.2, -0.15) is 5.26 Å². The van der Waals surface area contributed by atoms with E-state index in [2.05, 4.69) is 10.6 Å². The molecule has 0 aliphatic rings. The standard InChI is InChI=1S/C15H18N4O5/c1-23-7-3-6-17-10-11(9-16)15(20)18-13-5-4-12(19(21)22)8-14(13)24-2/h4-5,8,10,17H,3,6-7H2,1-2H3,(H,18,20)/b11-10-. The Kier molecular flexibility index (Phi) is 7.73. The first-order chi connectivity index (χ1) is 11.5. The van der Waals surface area contributed by atoms with Crippen LogP contribution in [0.15, 0.2) is 30.0 Å². The van der Waals surface area contributed by atoms with Gasteiger partial charge < -0.3 is 20.1 Å². The van der Waals surface area contributed by atoms with Crippen LogP contribution in [0.4, 0.5) is 11.4 Å². The topological polar surface area (TPSA) is 127 Å². The van der Waals surface area contributed by atoms with Gasteiger partial charge in [-0.1, -0.05) is 0 Å². The second kappa shape index (κ2) is 9.81. The second-order valence-electron chi connectivity index (χ2n) is 4.57. The van der Waals surface area contributed by atoms with Gasteiger partial charge in [0.25, 0.3) is 11.6 Å². The largest absolute Gasteiger partial charge is 0.494 e. The lowest BCUT2D eigenvalue weighted by atomic mass is 10.2. The Balaban J connectivity index is 2.79. The van der Waals surface area contributed by atoms with E-state index in [0.717, 1.165) is 6.42 Å². The highest BCUT2D eigenvalue weighted by molar-refractivity contribution is 6.07. The number of rotatable bonds is 9. The molecule has 0 heterocycles. The summed E-state index contributed by atoms with van der Waals surface area (Å²) in [6.45, 7) is 1.11. The van der Waals surface area contributed by atoms with E-state index in [1.807, 2.05) is 0 Å². The summed E-state index contributed by atoms with van der Waals surface area (Å²) in [6.07, 6.45) is 2.03. The van der Waals surface area contributed by atoms with E-state index in [4.69, 9.17) is 14.7 Å². The van der Waals surface area contributed by atoms with Gasteiger partial charge in [-0.25, -0.2) is 0 Å². The summed E-state index contributed by atoms with van der Waals surface area (Å²) in [7, 11) is 2.91. The average Bonchev–Trinajstić information content (AvgIpc) is 2.58. The van der Waals surface area contributed by atoms with Crippen LogP contribution in [0.25, 0.3) is 0 Å². The first kappa shape index (κ1) is 18.9. The maximum atomic E-state index is 12.1. The minimum Gasteiger partial charge on any atom is -0.494 e. The van der Waals surface area contributed by atoms with E-state index in [1.54, 1.807) is 13.2 Å². The number of amides is 1. The number of nitro benzene ring substituents is 1. The molecule has 0 bridgehead atoms. The van der Waals surface area contributed by atoms with Crippen LogP contribution in [0.3, 0.4) is 0 Å². The third kappa shape index (κ3) is 5.58. The normalized spacial score (nSPS) is 10.6. The van der Waals surface area contributed by atoms with Crippen LogP contribution in [0.1, 0.15) is 6.42 Å². The molecule has 1 amide bonds. The second-order valence-corrected chi connectivity index (χ2v) is 4.57. The van der Waals surface area contributed by atoms with Crippen molar-refractivity contribution in [1.82, 2.24) is 5.32 Å². The van der Waals surface area contributed by atoms with Gasteiger partial charge in [0.2, 0.25) is 0 Å². The highest BCUT2D eigenvalue weighted by Gasteiger charge is 2.15. The molecule has 0 saturated heterocycles. The van der Waals surface area contributed by atoms with Crippen LogP contribution < -0.4 is 15.4 Å². The fraction of sp³-hybridized carbons (Fsp3) is 0.333. The van der Waals surface area contributed by atoms with Gasteiger partial charge in [0.1, 0.15) is 17.4 Å². The first-order valence-electron chi connectivity index (χ1n) is 6.99. The lowest BCUT2D eigenvalue weighted by Gasteiger charge is -2.09. The summed E-state index contributed by atoms with van der Waals surface area (Å²) in [5, 5.41) is 25.1. The van der Waals surface area contributed by atoms with Gasteiger partial charge in [0.15, 0.2) is 0 Å². The predicted octanol–water partition coefficient (Wildman–Crippen LogP) is 1.58. The zero-order valence-corrected chi connectivity index (χ0v) is 13.4. The van der Waals surface area contributed by atoms with Crippen LogP contribution in [0, 0.1) is 21.4 Å². The Morgan fingerprint density at radius 2 is 2.21 bits per heavy atom. The van der Waals surface area contributed by atoms with Gasteiger partial charge >= 0.3 is 0 Å². The van der Waals surface area contributed by atoms with Crippen molar-refractivity contribution in [2.24, 2.45) is 0 Å². The van der Waals surface area contributed by atoms with Crippen molar-refractivity contribution >= 4 is 17.3 Å². The predicted molar refractivity (Wildman–Crippen MR) is 86.5 cm³/mol. The van der Waals surface area contributed by atoms with Crippen molar-refractivity contribution in [3.05, 3.63) is 40.1 Å². The van der Waals surface area contributed by atoms with Crippen LogP contribution in [0.5, 0.6) is 5.75 Å². The third-order valence-electron chi connectivity index (χ3n) is 2.93. The number of hydrogen-bond donors (Lipinski definition) is 2. The third-order valence-corrected chi connectivity index (χ3v) is 2.93. The summed E-state index contributed by atoms with van der Waals surface area (Å²) in [5.74, 6) is -0.521. The fourth-order valence-corrected chi connectivity index (χ4v) is 1.73. The zero-order chi connectivity index (χ0) is 17.9. The van der Waals surface area contributed by atoms with Gasteiger partial charge in [0, 0.05) is 32.5 Å². The van der Waals surface area contributed by atoms with Crippen LogP contribution in [0.2, 0.25) is 0 Å². The number of methoxy groups -OCH3 is 2. The Morgan fingerprint density at radius 1 is 1.46 bits per heavy atom. The number of non-ortho nitro benzene ring substituents is 1. The molecule has 9 nitrogen and oxygen atoms in total. The van der Waals surface area contributed by atoms with E-state index < -0.39 is 10.8 Å². The molecular weight excluding hydrogens is 316 g/mol. The molecule has 0 saturated carbocycles. The Morgan fingerprint density at radius 3 is 2.79 bits per heavy atom.